The highest BCUT2D eigenvalue weighted by Gasteiger charge is 2.18. The van der Waals surface area contributed by atoms with Crippen molar-refractivity contribution in [2.45, 2.75) is 19.4 Å². The lowest BCUT2D eigenvalue weighted by atomic mass is 10.1. The lowest BCUT2D eigenvalue weighted by Crippen LogP contribution is -2.24. The summed E-state index contributed by atoms with van der Waals surface area (Å²) in [6.07, 6.45) is 1.59. The predicted molar refractivity (Wildman–Crippen MR) is 76.2 cm³/mol. The number of rotatable bonds is 5. The summed E-state index contributed by atoms with van der Waals surface area (Å²) >= 11 is 3.54. The van der Waals surface area contributed by atoms with Crippen LogP contribution in [0.3, 0.4) is 0 Å². The van der Waals surface area contributed by atoms with Crippen molar-refractivity contribution >= 4 is 21.8 Å². The third-order valence-electron chi connectivity index (χ3n) is 3.03. The van der Waals surface area contributed by atoms with Gasteiger partial charge in [-0.15, -0.1) is 0 Å². The van der Waals surface area contributed by atoms with E-state index in [1.807, 2.05) is 7.05 Å². The Morgan fingerprint density at radius 1 is 1.56 bits per heavy atom. The fraction of sp³-hybridized carbons (Fsp3) is 0.462. The van der Waals surface area contributed by atoms with Crippen LogP contribution < -0.4 is 10.5 Å². The summed E-state index contributed by atoms with van der Waals surface area (Å²) in [5.74, 6) is 1.27. The van der Waals surface area contributed by atoms with Gasteiger partial charge in [-0.2, -0.15) is 0 Å². The molecule has 2 rings (SSSR count). The van der Waals surface area contributed by atoms with Crippen molar-refractivity contribution in [3.8, 4) is 5.75 Å². The van der Waals surface area contributed by atoms with Crippen LogP contribution in [-0.4, -0.2) is 30.9 Å². The lowest BCUT2D eigenvalue weighted by molar-refractivity contribution is 0.316. The zero-order chi connectivity index (χ0) is 13.1. The summed E-state index contributed by atoms with van der Waals surface area (Å²) in [5, 5.41) is 7.24. The van der Waals surface area contributed by atoms with Crippen LogP contribution in [0, 0.1) is 5.41 Å². The molecule has 1 aliphatic rings. The van der Waals surface area contributed by atoms with Crippen LogP contribution in [0.25, 0.3) is 0 Å². The molecule has 18 heavy (non-hydrogen) atoms. The SMILES string of the molecule is CN(CCC(=N)N)Cc1cc(Br)cc2c1OCC2. The average Bonchev–Trinajstić information content (AvgIpc) is 2.74. The van der Waals surface area contributed by atoms with Crippen LogP contribution >= 0.6 is 15.9 Å². The average molecular weight is 312 g/mol. The quantitative estimate of drug-likeness (QED) is 0.647. The van der Waals surface area contributed by atoms with E-state index in [4.69, 9.17) is 15.9 Å². The highest BCUT2D eigenvalue weighted by atomic mass is 79.9. The summed E-state index contributed by atoms with van der Waals surface area (Å²) in [4.78, 5) is 2.16. The molecule has 1 aliphatic heterocycles. The molecule has 0 bridgehead atoms. The summed E-state index contributed by atoms with van der Waals surface area (Å²) in [5.41, 5.74) is 7.85. The molecule has 0 radical (unpaired) electrons. The zero-order valence-corrected chi connectivity index (χ0v) is 12.1. The molecule has 0 fully saturated rings. The van der Waals surface area contributed by atoms with E-state index in [0.717, 1.165) is 36.3 Å². The standard InChI is InChI=1S/C13H18BrN3O/c1-17(4-2-12(15)16)8-10-7-11(14)6-9-3-5-18-13(9)10/h6-7H,2-5,8H2,1H3,(H3,15,16). The van der Waals surface area contributed by atoms with E-state index >= 15 is 0 Å². The van der Waals surface area contributed by atoms with E-state index < -0.39 is 0 Å². The molecule has 0 saturated heterocycles. The van der Waals surface area contributed by atoms with E-state index in [1.165, 1.54) is 11.1 Å². The maximum Gasteiger partial charge on any atom is 0.127 e. The second-order valence-corrected chi connectivity index (χ2v) is 5.58. The fourth-order valence-electron chi connectivity index (χ4n) is 2.14. The van der Waals surface area contributed by atoms with Gasteiger partial charge in [0.05, 0.1) is 12.4 Å². The van der Waals surface area contributed by atoms with Gasteiger partial charge in [0.2, 0.25) is 0 Å². The second-order valence-electron chi connectivity index (χ2n) is 4.66. The summed E-state index contributed by atoms with van der Waals surface area (Å²) in [6, 6.07) is 4.23. The minimum atomic E-state index is 0.234. The first-order valence-electron chi connectivity index (χ1n) is 6.02. The molecule has 1 aromatic carbocycles. The number of amidine groups is 1. The van der Waals surface area contributed by atoms with Crippen LogP contribution in [-0.2, 0) is 13.0 Å². The molecule has 0 saturated carbocycles. The Bertz CT molecular complexity index is 462. The zero-order valence-electron chi connectivity index (χ0n) is 10.5. The highest BCUT2D eigenvalue weighted by molar-refractivity contribution is 9.10. The maximum atomic E-state index is 7.24. The Balaban J connectivity index is 2.07. The number of ether oxygens (including phenoxy) is 1. The van der Waals surface area contributed by atoms with Crippen molar-refractivity contribution in [2.75, 3.05) is 20.2 Å². The Hall–Kier alpha value is -1.07. The van der Waals surface area contributed by atoms with Gasteiger partial charge in [-0.1, -0.05) is 15.9 Å². The number of hydrogen-bond acceptors (Lipinski definition) is 3. The van der Waals surface area contributed by atoms with E-state index in [9.17, 15) is 0 Å². The minimum absolute atomic E-state index is 0.234. The molecule has 0 aromatic heterocycles. The normalized spacial score (nSPS) is 13.5. The molecule has 0 atom stereocenters. The lowest BCUT2D eigenvalue weighted by Gasteiger charge is -2.18. The number of nitrogens with two attached hydrogens (primary N) is 1. The third-order valence-corrected chi connectivity index (χ3v) is 3.49. The Morgan fingerprint density at radius 3 is 3.06 bits per heavy atom. The highest BCUT2D eigenvalue weighted by Crippen LogP contribution is 2.33. The van der Waals surface area contributed by atoms with Crippen LogP contribution in [0.1, 0.15) is 17.5 Å². The molecule has 4 nitrogen and oxygen atoms in total. The van der Waals surface area contributed by atoms with Gasteiger partial charge in [0.1, 0.15) is 5.75 Å². The number of fused-ring (bicyclic) bond motifs is 1. The van der Waals surface area contributed by atoms with E-state index in [1.54, 1.807) is 0 Å². The predicted octanol–water partition coefficient (Wildman–Crippen LogP) is 2.14. The van der Waals surface area contributed by atoms with E-state index in [-0.39, 0.29) is 5.84 Å². The van der Waals surface area contributed by atoms with Crippen molar-refractivity contribution in [1.29, 1.82) is 5.41 Å². The molecule has 5 heteroatoms. The van der Waals surface area contributed by atoms with Gasteiger partial charge in [0.15, 0.2) is 0 Å². The van der Waals surface area contributed by atoms with Gasteiger partial charge in [-0.3, -0.25) is 5.41 Å². The second kappa shape index (κ2) is 5.71. The first-order valence-corrected chi connectivity index (χ1v) is 6.81. The summed E-state index contributed by atoms with van der Waals surface area (Å²) in [7, 11) is 2.03. The van der Waals surface area contributed by atoms with Gasteiger partial charge in [0.25, 0.3) is 0 Å². The molecule has 3 N–H and O–H groups in total. The Kier molecular flexibility index (Phi) is 4.24. The van der Waals surface area contributed by atoms with Crippen LogP contribution in [0.4, 0.5) is 0 Å². The molecule has 1 heterocycles. The Morgan fingerprint density at radius 2 is 2.33 bits per heavy atom. The van der Waals surface area contributed by atoms with Crippen molar-refractivity contribution in [1.82, 2.24) is 4.90 Å². The minimum Gasteiger partial charge on any atom is -0.493 e. The van der Waals surface area contributed by atoms with E-state index in [2.05, 4.69) is 33.0 Å². The smallest absolute Gasteiger partial charge is 0.127 e. The molecule has 1 aromatic rings. The van der Waals surface area contributed by atoms with Crippen molar-refractivity contribution in [3.63, 3.8) is 0 Å². The first kappa shape index (κ1) is 13.4. The monoisotopic (exact) mass is 311 g/mol. The number of nitrogens with zero attached hydrogens (tertiary/aromatic N) is 1. The van der Waals surface area contributed by atoms with Crippen LogP contribution in [0.2, 0.25) is 0 Å². The van der Waals surface area contributed by atoms with Crippen molar-refractivity contribution in [3.05, 3.63) is 27.7 Å². The fourth-order valence-corrected chi connectivity index (χ4v) is 2.70. The summed E-state index contributed by atoms with van der Waals surface area (Å²) < 4.78 is 6.80. The van der Waals surface area contributed by atoms with Crippen molar-refractivity contribution < 1.29 is 4.74 Å². The maximum absolute atomic E-state index is 7.24. The van der Waals surface area contributed by atoms with Gasteiger partial charge in [-0.05, 0) is 24.7 Å². The number of nitrogens with one attached hydrogen (secondary N) is 1. The molecule has 0 spiro atoms. The van der Waals surface area contributed by atoms with E-state index in [0.29, 0.717) is 6.42 Å². The largest absolute Gasteiger partial charge is 0.493 e. The van der Waals surface area contributed by atoms with Crippen LogP contribution in [0.5, 0.6) is 5.75 Å². The number of benzene rings is 1. The van der Waals surface area contributed by atoms with Gasteiger partial charge >= 0.3 is 0 Å². The molecule has 98 valence electrons. The topological polar surface area (TPSA) is 62.3 Å². The molecular weight excluding hydrogens is 294 g/mol. The van der Waals surface area contributed by atoms with Gasteiger partial charge in [-0.25, -0.2) is 0 Å². The van der Waals surface area contributed by atoms with Gasteiger partial charge < -0.3 is 15.4 Å². The number of hydrogen-bond donors (Lipinski definition) is 2. The molecule has 0 aliphatic carbocycles. The Labute approximate surface area is 116 Å². The van der Waals surface area contributed by atoms with Gasteiger partial charge in [0, 0.05) is 36.0 Å². The first-order chi connectivity index (χ1) is 8.56. The number of halogens is 1. The molecular formula is C13H18BrN3O. The molecule has 0 unspecified atom stereocenters. The third kappa shape index (κ3) is 3.23. The van der Waals surface area contributed by atoms with Crippen LogP contribution in [0.15, 0.2) is 16.6 Å². The molecule has 0 amide bonds. The van der Waals surface area contributed by atoms with Crippen molar-refractivity contribution in [2.24, 2.45) is 5.73 Å². The summed E-state index contributed by atoms with van der Waals surface area (Å²) in [6.45, 7) is 2.38.